The minimum absolute atomic E-state index is 0.119. The number of sulfonamides is 1. The topological polar surface area (TPSA) is 69.7 Å². The fourth-order valence-electron chi connectivity index (χ4n) is 3.16. The highest BCUT2D eigenvalue weighted by Gasteiger charge is 2.27. The summed E-state index contributed by atoms with van der Waals surface area (Å²) in [5.74, 6) is -0.119. The summed E-state index contributed by atoms with van der Waals surface area (Å²) in [4.78, 5) is 16.1. The van der Waals surface area contributed by atoms with Gasteiger partial charge in [-0.3, -0.25) is 9.69 Å². The molecule has 2 heterocycles. The maximum atomic E-state index is 12.6. The molecule has 1 amide bonds. The standard InChI is InChI=1S/C20H27N3O3S2/c1-15-10-13-27-19(15)14-22(3)16(2)20(24)21-17-6-8-18(9-7-17)28(25,26)23-11-4-5-12-23/h6-10,13,16H,4-5,11-12,14H2,1-3H3,(H,21,24)/t16-/m0/s1. The number of hydrogen-bond acceptors (Lipinski definition) is 5. The summed E-state index contributed by atoms with van der Waals surface area (Å²) in [5.41, 5.74) is 1.83. The summed E-state index contributed by atoms with van der Waals surface area (Å²) in [5, 5.41) is 4.94. The molecule has 0 aliphatic carbocycles. The van der Waals surface area contributed by atoms with Crippen molar-refractivity contribution >= 4 is 33.0 Å². The highest BCUT2D eigenvalue weighted by atomic mass is 32.2. The molecular weight excluding hydrogens is 394 g/mol. The molecule has 0 unspecified atom stereocenters. The van der Waals surface area contributed by atoms with Gasteiger partial charge in [-0.05, 0) is 75.0 Å². The van der Waals surface area contributed by atoms with E-state index in [1.54, 1.807) is 35.6 Å². The van der Waals surface area contributed by atoms with Crippen LogP contribution in [0.5, 0.6) is 0 Å². The summed E-state index contributed by atoms with van der Waals surface area (Å²) < 4.78 is 26.7. The van der Waals surface area contributed by atoms with E-state index in [0.29, 0.717) is 25.3 Å². The molecule has 1 fully saturated rings. The molecule has 6 nitrogen and oxygen atoms in total. The summed E-state index contributed by atoms with van der Waals surface area (Å²) in [6.45, 7) is 5.81. The van der Waals surface area contributed by atoms with Gasteiger partial charge in [-0.2, -0.15) is 4.31 Å². The highest BCUT2D eigenvalue weighted by molar-refractivity contribution is 7.89. The Morgan fingerprint density at radius 3 is 2.43 bits per heavy atom. The van der Waals surface area contributed by atoms with Crippen LogP contribution >= 0.6 is 11.3 Å². The Balaban J connectivity index is 1.61. The third-order valence-electron chi connectivity index (χ3n) is 5.23. The van der Waals surface area contributed by atoms with Crippen LogP contribution in [0.15, 0.2) is 40.6 Å². The minimum atomic E-state index is -3.43. The van der Waals surface area contributed by atoms with Crippen LogP contribution < -0.4 is 5.32 Å². The zero-order chi connectivity index (χ0) is 20.3. The van der Waals surface area contributed by atoms with Crippen molar-refractivity contribution in [3.05, 3.63) is 46.2 Å². The van der Waals surface area contributed by atoms with Crippen molar-refractivity contribution in [2.24, 2.45) is 0 Å². The van der Waals surface area contributed by atoms with E-state index in [-0.39, 0.29) is 16.8 Å². The van der Waals surface area contributed by atoms with Crippen molar-refractivity contribution in [2.75, 3.05) is 25.5 Å². The molecule has 1 atom stereocenters. The average molecular weight is 422 g/mol. The molecule has 2 aromatic rings. The Kier molecular flexibility index (Phi) is 6.54. The van der Waals surface area contributed by atoms with Crippen LogP contribution in [0.25, 0.3) is 0 Å². The summed E-state index contributed by atoms with van der Waals surface area (Å²) >= 11 is 1.69. The molecule has 1 saturated heterocycles. The first-order valence-corrected chi connectivity index (χ1v) is 11.8. The summed E-state index contributed by atoms with van der Waals surface area (Å²) in [6, 6.07) is 8.19. The predicted molar refractivity (Wildman–Crippen MR) is 113 cm³/mol. The fraction of sp³-hybridized carbons (Fsp3) is 0.450. The van der Waals surface area contributed by atoms with Gasteiger partial charge in [0.15, 0.2) is 0 Å². The van der Waals surface area contributed by atoms with E-state index in [0.717, 1.165) is 12.8 Å². The number of likely N-dealkylation sites (N-methyl/N-ethyl adjacent to an activating group) is 1. The third kappa shape index (κ3) is 4.63. The molecule has 0 radical (unpaired) electrons. The van der Waals surface area contributed by atoms with Gasteiger partial charge >= 0.3 is 0 Å². The lowest BCUT2D eigenvalue weighted by atomic mass is 10.2. The number of thiophene rings is 1. The Morgan fingerprint density at radius 2 is 1.86 bits per heavy atom. The first-order valence-electron chi connectivity index (χ1n) is 9.43. The second-order valence-electron chi connectivity index (χ2n) is 7.24. The molecule has 0 spiro atoms. The molecule has 8 heteroatoms. The molecule has 1 N–H and O–H groups in total. The van der Waals surface area contributed by atoms with Gasteiger partial charge in [0.05, 0.1) is 10.9 Å². The maximum absolute atomic E-state index is 12.6. The van der Waals surface area contributed by atoms with Gasteiger partial charge in [0.1, 0.15) is 0 Å². The van der Waals surface area contributed by atoms with E-state index in [1.807, 2.05) is 18.9 Å². The first-order chi connectivity index (χ1) is 13.3. The van der Waals surface area contributed by atoms with Gasteiger partial charge in [0, 0.05) is 30.2 Å². The second-order valence-corrected chi connectivity index (χ2v) is 10.2. The molecule has 152 valence electrons. The van der Waals surface area contributed by atoms with E-state index in [9.17, 15) is 13.2 Å². The molecular formula is C20H27N3O3S2. The van der Waals surface area contributed by atoms with Crippen molar-refractivity contribution in [2.45, 2.75) is 44.2 Å². The van der Waals surface area contributed by atoms with Crippen molar-refractivity contribution in [3.8, 4) is 0 Å². The van der Waals surface area contributed by atoms with E-state index in [1.165, 1.54) is 14.7 Å². The molecule has 1 aromatic carbocycles. The zero-order valence-corrected chi connectivity index (χ0v) is 18.1. The Bertz CT molecular complexity index is 916. The van der Waals surface area contributed by atoms with E-state index in [2.05, 4.69) is 23.7 Å². The van der Waals surface area contributed by atoms with Gasteiger partial charge in [0.25, 0.3) is 0 Å². The van der Waals surface area contributed by atoms with Crippen LogP contribution in [0.1, 0.15) is 30.2 Å². The van der Waals surface area contributed by atoms with Crippen molar-refractivity contribution in [1.82, 2.24) is 9.21 Å². The lowest BCUT2D eigenvalue weighted by molar-refractivity contribution is -0.120. The van der Waals surface area contributed by atoms with Crippen molar-refractivity contribution in [3.63, 3.8) is 0 Å². The predicted octanol–water partition coefficient (Wildman–Crippen LogP) is 3.30. The lowest BCUT2D eigenvalue weighted by Crippen LogP contribution is -2.39. The molecule has 1 aromatic heterocycles. The summed E-state index contributed by atoms with van der Waals surface area (Å²) in [6.07, 6.45) is 1.81. The highest BCUT2D eigenvalue weighted by Crippen LogP contribution is 2.23. The van der Waals surface area contributed by atoms with Gasteiger partial charge in [0.2, 0.25) is 15.9 Å². The zero-order valence-electron chi connectivity index (χ0n) is 16.5. The van der Waals surface area contributed by atoms with Crippen molar-refractivity contribution in [1.29, 1.82) is 0 Å². The van der Waals surface area contributed by atoms with Crippen LogP contribution in [0.3, 0.4) is 0 Å². The number of carbonyl (C=O) groups excluding carboxylic acids is 1. The van der Waals surface area contributed by atoms with Crippen LogP contribution in [-0.2, 0) is 21.4 Å². The number of nitrogens with one attached hydrogen (secondary N) is 1. The SMILES string of the molecule is Cc1ccsc1CN(C)[C@@H](C)C(=O)Nc1ccc(S(=O)(=O)N2CCCC2)cc1. The van der Waals surface area contributed by atoms with Gasteiger partial charge < -0.3 is 5.32 Å². The lowest BCUT2D eigenvalue weighted by Gasteiger charge is -2.23. The maximum Gasteiger partial charge on any atom is 0.243 e. The van der Waals surface area contributed by atoms with Gasteiger partial charge in [-0.15, -0.1) is 11.3 Å². The fourth-order valence-corrected chi connectivity index (χ4v) is 5.65. The van der Waals surface area contributed by atoms with E-state index >= 15 is 0 Å². The minimum Gasteiger partial charge on any atom is -0.325 e. The monoisotopic (exact) mass is 421 g/mol. The van der Waals surface area contributed by atoms with Crippen molar-refractivity contribution < 1.29 is 13.2 Å². The molecule has 3 rings (SSSR count). The number of nitrogens with zero attached hydrogens (tertiary/aromatic N) is 2. The van der Waals surface area contributed by atoms with Gasteiger partial charge in [-0.25, -0.2) is 8.42 Å². The number of hydrogen-bond donors (Lipinski definition) is 1. The second kappa shape index (κ2) is 8.73. The smallest absolute Gasteiger partial charge is 0.243 e. The third-order valence-corrected chi connectivity index (χ3v) is 8.15. The Labute approximate surface area is 171 Å². The number of aryl methyl sites for hydroxylation is 1. The van der Waals surface area contributed by atoms with Crippen LogP contribution in [0, 0.1) is 6.92 Å². The molecule has 0 saturated carbocycles. The Morgan fingerprint density at radius 1 is 1.21 bits per heavy atom. The van der Waals surface area contributed by atoms with Gasteiger partial charge in [-0.1, -0.05) is 0 Å². The molecule has 1 aliphatic heterocycles. The average Bonchev–Trinajstić information content (AvgIpc) is 3.34. The number of carbonyl (C=O) groups is 1. The normalized spacial score (nSPS) is 16.4. The number of anilines is 1. The molecule has 1 aliphatic rings. The number of amides is 1. The molecule has 28 heavy (non-hydrogen) atoms. The largest absolute Gasteiger partial charge is 0.325 e. The van der Waals surface area contributed by atoms with Crippen LogP contribution in [0.2, 0.25) is 0 Å². The quantitative estimate of drug-likeness (QED) is 0.745. The first kappa shape index (κ1) is 21.0. The van der Waals surface area contributed by atoms with E-state index < -0.39 is 10.0 Å². The molecule has 0 bridgehead atoms. The van der Waals surface area contributed by atoms with Crippen LogP contribution in [-0.4, -0.2) is 49.7 Å². The van der Waals surface area contributed by atoms with E-state index in [4.69, 9.17) is 0 Å². The number of rotatable bonds is 7. The number of benzene rings is 1. The summed E-state index contributed by atoms with van der Waals surface area (Å²) in [7, 11) is -1.51. The Hall–Kier alpha value is -1.74. The van der Waals surface area contributed by atoms with Crippen LogP contribution in [0.4, 0.5) is 5.69 Å².